The van der Waals surface area contributed by atoms with Crippen LogP contribution >= 0.6 is 22.7 Å². The Balaban J connectivity index is 1.46. The van der Waals surface area contributed by atoms with Crippen molar-refractivity contribution in [2.75, 3.05) is 0 Å². The summed E-state index contributed by atoms with van der Waals surface area (Å²) in [4.78, 5) is 0. The number of benzene rings is 6. The van der Waals surface area contributed by atoms with Gasteiger partial charge in [0.1, 0.15) is 6.07 Å². The predicted octanol–water partition coefficient (Wildman–Crippen LogP) is 11.3. The predicted molar refractivity (Wildman–Crippen MR) is 173 cm³/mol. The molecular formula is C37H21NS2. The van der Waals surface area contributed by atoms with Gasteiger partial charge in [-0.1, -0.05) is 115 Å². The Labute approximate surface area is 239 Å². The summed E-state index contributed by atoms with van der Waals surface area (Å²) >= 11 is 3.63. The maximum absolute atomic E-state index is 10.8. The van der Waals surface area contributed by atoms with Crippen molar-refractivity contribution < 1.29 is 0 Å². The summed E-state index contributed by atoms with van der Waals surface area (Å²) in [5.74, 6) is 0. The number of fused-ring (bicyclic) bond motifs is 6. The van der Waals surface area contributed by atoms with Crippen LogP contribution in [0.1, 0.15) is 5.56 Å². The summed E-state index contributed by atoms with van der Waals surface area (Å²) < 4.78 is 5.02. The fraction of sp³-hybridized carbons (Fsp3) is 0. The quantitative estimate of drug-likeness (QED) is 0.217. The maximum atomic E-state index is 10.8. The first-order chi connectivity index (χ1) is 19.8. The van der Waals surface area contributed by atoms with Crippen molar-refractivity contribution in [2.45, 2.75) is 0 Å². The van der Waals surface area contributed by atoms with Crippen LogP contribution in [-0.2, 0) is 0 Å². The van der Waals surface area contributed by atoms with Gasteiger partial charge in [0.25, 0.3) is 0 Å². The highest BCUT2D eigenvalue weighted by molar-refractivity contribution is 7.26. The lowest BCUT2D eigenvalue weighted by molar-refractivity contribution is 1.47. The highest BCUT2D eigenvalue weighted by atomic mass is 32.1. The molecule has 8 aromatic rings. The van der Waals surface area contributed by atoms with E-state index in [4.69, 9.17) is 0 Å². The number of nitriles is 1. The van der Waals surface area contributed by atoms with E-state index in [0.717, 1.165) is 27.8 Å². The Morgan fingerprint density at radius 2 is 0.925 bits per heavy atom. The van der Waals surface area contributed by atoms with Gasteiger partial charge in [-0.25, -0.2) is 0 Å². The lowest BCUT2D eigenvalue weighted by atomic mass is 9.85. The summed E-state index contributed by atoms with van der Waals surface area (Å²) in [6.45, 7) is 0. The molecule has 0 N–H and O–H groups in total. The summed E-state index contributed by atoms with van der Waals surface area (Å²) in [5.41, 5.74) is 7.10. The molecule has 40 heavy (non-hydrogen) atoms. The van der Waals surface area contributed by atoms with Crippen molar-refractivity contribution >= 4 is 63.0 Å². The van der Waals surface area contributed by atoms with Gasteiger partial charge in [-0.15, -0.1) is 22.7 Å². The van der Waals surface area contributed by atoms with Crippen LogP contribution in [0.3, 0.4) is 0 Å². The SMILES string of the molecule is N#Cc1c(-c2cccc3c2sc2ccccc23)ccc(-c2cccc3c2sc2ccccc23)c1-c1ccccc1. The minimum Gasteiger partial charge on any atom is -0.192 e. The van der Waals surface area contributed by atoms with Crippen LogP contribution < -0.4 is 0 Å². The summed E-state index contributed by atoms with van der Waals surface area (Å²) in [6.07, 6.45) is 0. The Morgan fingerprint density at radius 3 is 1.52 bits per heavy atom. The molecule has 0 unspecified atom stereocenters. The number of hydrogen-bond acceptors (Lipinski definition) is 3. The second-order valence-corrected chi connectivity index (χ2v) is 12.1. The molecule has 6 aromatic carbocycles. The van der Waals surface area contributed by atoms with Crippen molar-refractivity contribution in [1.82, 2.24) is 0 Å². The van der Waals surface area contributed by atoms with E-state index in [1.54, 1.807) is 11.3 Å². The van der Waals surface area contributed by atoms with E-state index in [1.165, 1.54) is 45.9 Å². The molecule has 0 radical (unpaired) electrons. The van der Waals surface area contributed by atoms with Crippen molar-refractivity contribution in [2.24, 2.45) is 0 Å². The lowest BCUT2D eigenvalue weighted by Gasteiger charge is -2.17. The molecule has 1 nitrogen and oxygen atoms in total. The Hall–Kier alpha value is -4.75. The first kappa shape index (κ1) is 23.2. The second-order valence-electron chi connectivity index (χ2n) is 9.95. The highest BCUT2D eigenvalue weighted by Gasteiger charge is 2.21. The van der Waals surface area contributed by atoms with Crippen molar-refractivity contribution in [3.05, 3.63) is 133 Å². The van der Waals surface area contributed by atoms with Crippen LogP contribution in [0, 0.1) is 11.3 Å². The molecule has 0 aliphatic rings. The van der Waals surface area contributed by atoms with Crippen molar-refractivity contribution in [3.63, 3.8) is 0 Å². The molecule has 0 aliphatic carbocycles. The molecule has 0 bridgehead atoms. The standard InChI is InChI=1S/C37H21NS2/c38-22-32-24(28-14-8-15-29-25-12-4-6-18-33(25)39-36(28)29)20-21-27(35(32)23-10-2-1-3-11-23)31-17-9-16-30-26-13-5-7-19-34(26)40-37(30)31/h1-21H. The smallest absolute Gasteiger partial charge is 0.100 e. The van der Waals surface area contributed by atoms with Gasteiger partial charge in [0.05, 0.1) is 5.56 Å². The zero-order chi connectivity index (χ0) is 26.6. The van der Waals surface area contributed by atoms with Crippen LogP contribution in [0.2, 0.25) is 0 Å². The zero-order valence-electron chi connectivity index (χ0n) is 21.4. The number of hydrogen-bond donors (Lipinski definition) is 0. The molecule has 0 saturated heterocycles. The van der Waals surface area contributed by atoms with Gasteiger partial charge in [-0.2, -0.15) is 5.26 Å². The fourth-order valence-corrected chi connectivity index (χ4v) is 8.45. The molecule has 0 spiro atoms. The topological polar surface area (TPSA) is 23.8 Å². The average Bonchev–Trinajstić information content (AvgIpc) is 3.59. The third-order valence-corrected chi connectivity index (χ3v) is 10.2. The van der Waals surface area contributed by atoms with Gasteiger partial charge in [0, 0.05) is 62.6 Å². The highest BCUT2D eigenvalue weighted by Crippen LogP contribution is 2.47. The normalized spacial score (nSPS) is 11.5. The third-order valence-electron chi connectivity index (χ3n) is 7.77. The molecule has 0 aliphatic heterocycles. The third kappa shape index (κ3) is 3.44. The van der Waals surface area contributed by atoms with E-state index in [1.807, 2.05) is 17.4 Å². The van der Waals surface area contributed by atoms with Crippen molar-refractivity contribution in [3.8, 4) is 39.4 Å². The van der Waals surface area contributed by atoms with Gasteiger partial charge >= 0.3 is 0 Å². The number of rotatable bonds is 3. The summed E-state index contributed by atoms with van der Waals surface area (Å²) in [5, 5.41) is 15.8. The van der Waals surface area contributed by atoms with Crippen LogP contribution in [0.15, 0.2) is 127 Å². The molecule has 2 heterocycles. The summed E-state index contributed by atoms with van der Waals surface area (Å²) in [6, 6.07) is 47.6. The van der Waals surface area contributed by atoms with Crippen LogP contribution in [-0.4, -0.2) is 0 Å². The first-order valence-corrected chi connectivity index (χ1v) is 14.9. The molecule has 8 rings (SSSR count). The van der Waals surface area contributed by atoms with E-state index >= 15 is 0 Å². The van der Waals surface area contributed by atoms with E-state index in [2.05, 4.69) is 127 Å². The molecule has 0 fully saturated rings. The van der Waals surface area contributed by atoms with Crippen molar-refractivity contribution in [1.29, 1.82) is 5.26 Å². The van der Waals surface area contributed by atoms with Crippen LogP contribution in [0.4, 0.5) is 0 Å². The maximum Gasteiger partial charge on any atom is 0.100 e. The Kier molecular flexibility index (Phi) is 5.31. The van der Waals surface area contributed by atoms with Gasteiger partial charge in [0.2, 0.25) is 0 Å². The largest absolute Gasteiger partial charge is 0.192 e. The monoisotopic (exact) mass is 543 g/mol. The Morgan fingerprint density at radius 1 is 0.425 bits per heavy atom. The van der Waals surface area contributed by atoms with E-state index in [0.29, 0.717) is 5.56 Å². The van der Waals surface area contributed by atoms with Crippen LogP contribution in [0.5, 0.6) is 0 Å². The molecule has 2 aromatic heterocycles. The minimum atomic E-state index is 0.715. The zero-order valence-corrected chi connectivity index (χ0v) is 23.0. The summed E-state index contributed by atoms with van der Waals surface area (Å²) in [7, 11) is 0. The minimum absolute atomic E-state index is 0.715. The second kappa shape index (κ2) is 9.17. The van der Waals surface area contributed by atoms with E-state index in [-0.39, 0.29) is 0 Å². The molecule has 0 atom stereocenters. The van der Waals surface area contributed by atoms with Gasteiger partial charge in [-0.05, 0) is 23.3 Å². The van der Waals surface area contributed by atoms with Crippen LogP contribution in [0.25, 0.3) is 73.7 Å². The first-order valence-electron chi connectivity index (χ1n) is 13.3. The Bertz CT molecular complexity index is 2280. The van der Waals surface area contributed by atoms with Gasteiger partial charge in [0.15, 0.2) is 0 Å². The van der Waals surface area contributed by atoms with E-state index < -0.39 is 0 Å². The van der Waals surface area contributed by atoms with Gasteiger partial charge in [-0.3, -0.25) is 0 Å². The molecule has 186 valence electrons. The van der Waals surface area contributed by atoms with E-state index in [9.17, 15) is 5.26 Å². The number of thiophene rings is 2. The number of nitrogens with zero attached hydrogens (tertiary/aromatic N) is 1. The fourth-order valence-electron chi connectivity index (χ4n) is 5.99. The van der Waals surface area contributed by atoms with Gasteiger partial charge < -0.3 is 0 Å². The molecule has 0 saturated carbocycles. The molecular weight excluding hydrogens is 523 g/mol. The molecule has 0 amide bonds. The average molecular weight is 544 g/mol. The lowest BCUT2D eigenvalue weighted by Crippen LogP contribution is -1.94. The molecule has 3 heteroatoms.